The molecule has 2 unspecified atom stereocenters. The lowest BCUT2D eigenvalue weighted by molar-refractivity contribution is 0.113. The fraction of sp³-hybridized carbons (Fsp3) is 0.667. The van der Waals surface area contributed by atoms with E-state index in [1.165, 1.54) is 16.7 Å². The summed E-state index contributed by atoms with van der Waals surface area (Å²) < 4.78 is 0. The largest absolute Gasteiger partial charge is 0.308 e. The van der Waals surface area contributed by atoms with Gasteiger partial charge in [0.15, 0.2) is 0 Å². The molecule has 0 aliphatic heterocycles. The van der Waals surface area contributed by atoms with E-state index in [4.69, 9.17) is 0 Å². The Morgan fingerprint density at radius 1 is 1.15 bits per heavy atom. The van der Waals surface area contributed by atoms with Crippen LogP contribution in [-0.4, -0.2) is 31.1 Å². The normalized spacial score (nSPS) is 16.2. The molecule has 0 fully saturated rings. The fourth-order valence-corrected chi connectivity index (χ4v) is 2.71. The van der Waals surface area contributed by atoms with Gasteiger partial charge >= 0.3 is 0 Å². The Hall–Kier alpha value is -0.860. The molecule has 0 radical (unpaired) electrons. The van der Waals surface area contributed by atoms with Crippen LogP contribution >= 0.6 is 0 Å². The summed E-state index contributed by atoms with van der Waals surface area (Å²) in [4.78, 5) is 2.36. The average molecular weight is 276 g/mol. The predicted octanol–water partition coefficient (Wildman–Crippen LogP) is 4.07. The van der Waals surface area contributed by atoms with Gasteiger partial charge in [-0.2, -0.15) is 0 Å². The lowest BCUT2D eigenvalue weighted by Gasteiger charge is -2.43. The number of hydrogen-bond acceptors (Lipinski definition) is 2. The maximum absolute atomic E-state index is 3.76. The highest BCUT2D eigenvalue weighted by Gasteiger charge is 2.35. The lowest BCUT2D eigenvalue weighted by Crippen LogP contribution is -2.51. The summed E-state index contributed by atoms with van der Waals surface area (Å²) in [6.45, 7) is 12.3. The Morgan fingerprint density at radius 3 is 2.25 bits per heavy atom. The second-order valence-corrected chi connectivity index (χ2v) is 6.34. The molecule has 0 spiro atoms. The number of hydrogen-bond donors (Lipinski definition) is 1. The zero-order valence-corrected chi connectivity index (χ0v) is 14.4. The summed E-state index contributed by atoms with van der Waals surface area (Å²) >= 11 is 0. The van der Waals surface area contributed by atoms with Gasteiger partial charge in [-0.25, -0.2) is 0 Å². The molecule has 1 rings (SSSR count). The third-order valence-corrected chi connectivity index (χ3v) is 4.82. The maximum atomic E-state index is 3.76. The van der Waals surface area contributed by atoms with Gasteiger partial charge in [0.1, 0.15) is 0 Å². The molecular weight excluding hydrogens is 244 g/mol. The average Bonchev–Trinajstić information content (AvgIpc) is 2.42. The molecule has 0 aromatic heterocycles. The highest BCUT2D eigenvalue weighted by molar-refractivity contribution is 5.33. The van der Waals surface area contributed by atoms with Crippen LogP contribution < -0.4 is 5.32 Å². The first-order chi connectivity index (χ1) is 9.36. The number of likely N-dealkylation sites (N-methyl/N-ethyl adjacent to an activating group) is 1. The zero-order valence-electron chi connectivity index (χ0n) is 14.4. The lowest BCUT2D eigenvalue weighted by atomic mass is 9.82. The molecule has 0 bridgehead atoms. The van der Waals surface area contributed by atoms with E-state index >= 15 is 0 Å². The van der Waals surface area contributed by atoms with Crippen molar-refractivity contribution in [2.75, 3.05) is 20.6 Å². The molecule has 114 valence electrons. The minimum absolute atomic E-state index is 0.122. The predicted molar refractivity (Wildman–Crippen MR) is 89.3 cm³/mol. The molecule has 0 amide bonds. The van der Waals surface area contributed by atoms with Crippen molar-refractivity contribution in [1.29, 1.82) is 0 Å². The molecule has 1 N–H and O–H groups in total. The van der Waals surface area contributed by atoms with Gasteiger partial charge in [-0.05, 0) is 70.9 Å². The summed E-state index contributed by atoms with van der Waals surface area (Å²) in [5.74, 6) is 0. The zero-order chi connectivity index (χ0) is 15.3. The maximum Gasteiger partial charge on any atom is 0.0504 e. The van der Waals surface area contributed by atoms with Gasteiger partial charge < -0.3 is 10.2 Å². The minimum Gasteiger partial charge on any atom is -0.308 e. The molecule has 0 aliphatic carbocycles. The van der Waals surface area contributed by atoms with Crippen molar-refractivity contribution in [2.24, 2.45) is 0 Å². The molecule has 2 nitrogen and oxygen atoms in total. The Kier molecular flexibility index (Phi) is 6.22. The van der Waals surface area contributed by atoms with Crippen LogP contribution in [0.3, 0.4) is 0 Å². The first-order valence-corrected chi connectivity index (χ1v) is 7.84. The molecule has 0 saturated carbocycles. The molecule has 20 heavy (non-hydrogen) atoms. The molecule has 1 aromatic carbocycles. The van der Waals surface area contributed by atoms with E-state index in [1.54, 1.807) is 0 Å². The summed E-state index contributed by atoms with van der Waals surface area (Å²) in [7, 11) is 4.37. The first kappa shape index (κ1) is 17.2. The van der Waals surface area contributed by atoms with Gasteiger partial charge in [0, 0.05) is 5.54 Å². The van der Waals surface area contributed by atoms with Crippen LogP contribution in [0.15, 0.2) is 18.2 Å². The SMILES string of the molecule is CCCNC(c1ccc(C)c(C)c1)C(C)(CC)N(C)C. The fourth-order valence-electron chi connectivity index (χ4n) is 2.71. The number of rotatable bonds is 7. The van der Waals surface area contributed by atoms with Crippen LogP contribution in [0.2, 0.25) is 0 Å². The van der Waals surface area contributed by atoms with Crippen LogP contribution in [0.25, 0.3) is 0 Å². The van der Waals surface area contributed by atoms with Gasteiger partial charge in [-0.3, -0.25) is 0 Å². The van der Waals surface area contributed by atoms with Crippen LogP contribution in [0, 0.1) is 13.8 Å². The second kappa shape index (κ2) is 7.24. The number of aryl methyl sites for hydroxylation is 2. The number of benzene rings is 1. The smallest absolute Gasteiger partial charge is 0.0504 e. The van der Waals surface area contributed by atoms with Crippen molar-refractivity contribution in [3.63, 3.8) is 0 Å². The highest BCUT2D eigenvalue weighted by atomic mass is 15.2. The van der Waals surface area contributed by atoms with Crippen LogP contribution in [-0.2, 0) is 0 Å². The van der Waals surface area contributed by atoms with Gasteiger partial charge in [0.2, 0.25) is 0 Å². The molecule has 2 heteroatoms. The van der Waals surface area contributed by atoms with Crippen LogP contribution in [0.4, 0.5) is 0 Å². The van der Waals surface area contributed by atoms with Gasteiger partial charge in [0.05, 0.1) is 6.04 Å². The van der Waals surface area contributed by atoms with Crippen molar-refractivity contribution in [3.05, 3.63) is 34.9 Å². The third-order valence-electron chi connectivity index (χ3n) is 4.82. The molecule has 0 heterocycles. The van der Waals surface area contributed by atoms with Gasteiger partial charge in [-0.15, -0.1) is 0 Å². The van der Waals surface area contributed by atoms with Crippen molar-refractivity contribution in [3.8, 4) is 0 Å². The summed E-state index contributed by atoms with van der Waals surface area (Å²) in [5.41, 5.74) is 4.27. The molecular formula is C18H32N2. The second-order valence-electron chi connectivity index (χ2n) is 6.34. The monoisotopic (exact) mass is 276 g/mol. The Morgan fingerprint density at radius 2 is 1.80 bits per heavy atom. The van der Waals surface area contributed by atoms with Crippen molar-refractivity contribution >= 4 is 0 Å². The van der Waals surface area contributed by atoms with Crippen LogP contribution in [0.1, 0.15) is 56.3 Å². The van der Waals surface area contributed by atoms with Gasteiger partial charge in [0.25, 0.3) is 0 Å². The topological polar surface area (TPSA) is 15.3 Å². The summed E-state index contributed by atoms with van der Waals surface area (Å²) in [6, 6.07) is 7.24. The van der Waals surface area contributed by atoms with E-state index in [0.29, 0.717) is 6.04 Å². The molecule has 0 saturated heterocycles. The standard InChI is InChI=1S/C18H32N2/c1-8-12-19-17(18(5,9-2)20(6)7)16-11-10-14(3)15(4)13-16/h10-11,13,17,19H,8-9,12H2,1-7H3. The molecule has 0 aliphatic rings. The summed E-state index contributed by atoms with van der Waals surface area (Å²) in [6.07, 6.45) is 2.28. The third kappa shape index (κ3) is 3.62. The van der Waals surface area contributed by atoms with Crippen molar-refractivity contribution < 1.29 is 0 Å². The van der Waals surface area contributed by atoms with Crippen LogP contribution in [0.5, 0.6) is 0 Å². The summed E-state index contributed by atoms with van der Waals surface area (Å²) in [5, 5.41) is 3.76. The van der Waals surface area contributed by atoms with E-state index in [9.17, 15) is 0 Å². The number of nitrogens with one attached hydrogen (secondary N) is 1. The van der Waals surface area contributed by atoms with E-state index < -0.39 is 0 Å². The quantitative estimate of drug-likeness (QED) is 0.807. The van der Waals surface area contributed by atoms with E-state index in [-0.39, 0.29) is 5.54 Å². The Balaban J connectivity index is 3.19. The highest BCUT2D eigenvalue weighted by Crippen LogP contribution is 2.33. The molecule has 2 atom stereocenters. The first-order valence-electron chi connectivity index (χ1n) is 7.84. The molecule has 1 aromatic rings. The van der Waals surface area contributed by atoms with E-state index in [1.807, 2.05) is 0 Å². The number of nitrogens with zero attached hydrogens (tertiary/aromatic N) is 1. The van der Waals surface area contributed by atoms with Crippen molar-refractivity contribution in [2.45, 2.75) is 59.0 Å². The Labute approximate surface area is 125 Å². The Bertz CT molecular complexity index is 425. The van der Waals surface area contributed by atoms with Gasteiger partial charge in [-0.1, -0.05) is 32.0 Å². The van der Waals surface area contributed by atoms with Crippen molar-refractivity contribution in [1.82, 2.24) is 10.2 Å². The minimum atomic E-state index is 0.122. The van der Waals surface area contributed by atoms with E-state index in [2.05, 4.69) is 77.1 Å². The van der Waals surface area contributed by atoms with E-state index in [0.717, 1.165) is 19.4 Å².